The van der Waals surface area contributed by atoms with Crippen LogP contribution in [0.4, 0.5) is 0 Å². The van der Waals surface area contributed by atoms with E-state index in [4.69, 9.17) is 4.74 Å². The summed E-state index contributed by atoms with van der Waals surface area (Å²) in [5.74, 6) is 0.872. The van der Waals surface area contributed by atoms with Gasteiger partial charge in [-0.15, -0.1) is 0 Å². The first kappa shape index (κ1) is 13.5. The number of carbonyl (C=O) groups excluding carboxylic acids is 1. The topological polar surface area (TPSA) is 47.6 Å². The maximum Gasteiger partial charge on any atom is 0.281 e. The first-order valence-electron chi connectivity index (χ1n) is 5.59. The molecule has 0 bridgehead atoms. The van der Waals surface area contributed by atoms with Gasteiger partial charge in [-0.25, -0.2) is 5.48 Å². The number of rotatable bonds is 5. The van der Waals surface area contributed by atoms with E-state index in [0.717, 1.165) is 0 Å². The number of ether oxygens (including phenoxy) is 1. The first-order valence-corrected chi connectivity index (χ1v) is 5.59. The number of hydroxylamine groups is 1. The number of benzene rings is 1. The Labute approximate surface area is 102 Å². The third-order valence-electron chi connectivity index (χ3n) is 2.45. The van der Waals surface area contributed by atoms with Crippen molar-refractivity contribution in [2.75, 3.05) is 13.7 Å². The predicted molar refractivity (Wildman–Crippen MR) is 65.9 cm³/mol. The molecule has 0 aromatic heterocycles. The summed E-state index contributed by atoms with van der Waals surface area (Å²) in [6, 6.07) is 5.85. The maximum atomic E-state index is 11.1. The predicted octanol–water partition coefficient (Wildman–Crippen LogP) is 2.17. The lowest BCUT2D eigenvalue weighted by atomic mass is 9.98. The molecule has 1 rings (SSSR count). The average Bonchev–Trinajstić information content (AvgIpc) is 2.26. The van der Waals surface area contributed by atoms with Gasteiger partial charge in [-0.3, -0.25) is 9.63 Å². The monoisotopic (exact) mass is 237 g/mol. The van der Waals surface area contributed by atoms with Crippen LogP contribution >= 0.6 is 0 Å². The van der Waals surface area contributed by atoms with Crippen LogP contribution in [-0.2, 0) is 9.63 Å². The van der Waals surface area contributed by atoms with Crippen molar-refractivity contribution in [3.8, 4) is 5.75 Å². The third kappa shape index (κ3) is 4.07. The molecule has 4 nitrogen and oxygen atoms in total. The van der Waals surface area contributed by atoms with Crippen molar-refractivity contribution in [2.24, 2.45) is 0 Å². The number of hydrogen-bond acceptors (Lipinski definition) is 3. The molecule has 17 heavy (non-hydrogen) atoms. The lowest BCUT2D eigenvalue weighted by molar-refractivity contribution is -0.133. The van der Waals surface area contributed by atoms with E-state index in [-0.39, 0.29) is 12.5 Å². The maximum absolute atomic E-state index is 11.1. The van der Waals surface area contributed by atoms with E-state index < -0.39 is 0 Å². The molecule has 0 aliphatic carbocycles. The number of nitrogens with one attached hydrogen (secondary N) is 1. The van der Waals surface area contributed by atoms with Crippen LogP contribution in [0.2, 0.25) is 0 Å². The zero-order valence-electron chi connectivity index (χ0n) is 10.7. The van der Waals surface area contributed by atoms with Crippen molar-refractivity contribution in [1.82, 2.24) is 5.48 Å². The molecule has 1 amide bonds. The molecule has 0 heterocycles. The average molecular weight is 237 g/mol. The largest absolute Gasteiger partial charge is 0.484 e. The van der Waals surface area contributed by atoms with E-state index in [1.54, 1.807) is 0 Å². The highest BCUT2D eigenvalue weighted by molar-refractivity contribution is 5.76. The molecule has 0 aliphatic rings. The van der Waals surface area contributed by atoms with E-state index in [1.807, 2.05) is 25.1 Å². The molecular weight excluding hydrogens is 218 g/mol. The number of amides is 1. The van der Waals surface area contributed by atoms with Crippen molar-refractivity contribution >= 4 is 5.91 Å². The molecule has 0 radical (unpaired) electrons. The zero-order valence-corrected chi connectivity index (χ0v) is 10.7. The van der Waals surface area contributed by atoms with Gasteiger partial charge in [0.05, 0.1) is 7.11 Å². The van der Waals surface area contributed by atoms with Crippen LogP contribution in [-0.4, -0.2) is 19.6 Å². The smallest absolute Gasteiger partial charge is 0.281 e. The zero-order chi connectivity index (χ0) is 12.8. The SMILES string of the molecule is CONC(=O)COc1ccc(C(C)C)c(C)c1. The van der Waals surface area contributed by atoms with Gasteiger partial charge in [0.2, 0.25) is 0 Å². The molecular formula is C13H19NO3. The Bertz CT molecular complexity index is 388. The summed E-state index contributed by atoms with van der Waals surface area (Å²) >= 11 is 0. The Morgan fingerprint density at radius 1 is 1.41 bits per heavy atom. The third-order valence-corrected chi connectivity index (χ3v) is 2.45. The van der Waals surface area contributed by atoms with Crippen LogP contribution in [0.25, 0.3) is 0 Å². The van der Waals surface area contributed by atoms with Gasteiger partial charge in [-0.2, -0.15) is 0 Å². The highest BCUT2D eigenvalue weighted by atomic mass is 16.6. The highest BCUT2D eigenvalue weighted by Crippen LogP contribution is 2.23. The molecule has 0 atom stereocenters. The number of hydrogen-bond donors (Lipinski definition) is 1. The molecule has 0 spiro atoms. The molecule has 0 saturated heterocycles. The van der Waals surface area contributed by atoms with Crippen LogP contribution in [0.15, 0.2) is 18.2 Å². The Morgan fingerprint density at radius 3 is 2.65 bits per heavy atom. The van der Waals surface area contributed by atoms with Gasteiger partial charge in [0.1, 0.15) is 5.75 Å². The first-order chi connectivity index (χ1) is 8.04. The number of aryl methyl sites for hydroxylation is 1. The van der Waals surface area contributed by atoms with Crippen molar-refractivity contribution in [3.05, 3.63) is 29.3 Å². The van der Waals surface area contributed by atoms with E-state index in [9.17, 15) is 4.79 Å². The fraction of sp³-hybridized carbons (Fsp3) is 0.462. The summed E-state index contributed by atoms with van der Waals surface area (Å²) in [6.45, 7) is 6.29. The molecule has 0 saturated carbocycles. The van der Waals surface area contributed by atoms with E-state index >= 15 is 0 Å². The minimum atomic E-state index is -0.307. The quantitative estimate of drug-likeness (QED) is 0.798. The summed E-state index contributed by atoms with van der Waals surface area (Å²) in [7, 11) is 1.39. The van der Waals surface area contributed by atoms with E-state index in [2.05, 4.69) is 24.2 Å². The van der Waals surface area contributed by atoms with Gasteiger partial charge < -0.3 is 4.74 Å². The lowest BCUT2D eigenvalue weighted by Crippen LogP contribution is -2.27. The Morgan fingerprint density at radius 2 is 2.12 bits per heavy atom. The molecule has 4 heteroatoms. The van der Waals surface area contributed by atoms with Gasteiger partial charge in [0.15, 0.2) is 6.61 Å². The van der Waals surface area contributed by atoms with Crippen molar-refractivity contribution < 1.29 is 14.4 Å². The van der Waals surface area contributed by atoms with Gasteiger partial charge >= 0.3 is 0 Å². The van der Waals surface area contributed by atoms with Gasteiger partial charge in [-0.1, -0.05) is 19.9 Å². The molecule has 0 fully saturated rings. The van der Waals surface area contributed by atoms with Crippen LogP contribution in [0.5, 0.6) is 5.75 Å². The van der Waals surface area contributed by atoms with Crippen LogP contribution in [0.1, 0.15) is 30.9 Å². The summed E-state index contributed by atoms with van der Waals surface area (Å²) in [4.78, 5) is 15.6. The fourth-order valence-corrected chi connectivity index (χ4v) is 1.68. The summed E-state index contributed by atoms with van der Waals surface area (Å²) in [6.07, 6.45) is 0. The fourth-order valence-electron chi connectivity index (χ4n) is 1.68. The Kier molecular flexibility index (Phi) is 4.97. The molecule has 0 aliphatic heterocycles. The second kappa shape index (κ2) is 6.25. The van der Waals surface area contributed by atoms with Crippen molar-refractivity contribution in [2.45, 2.75) is 26.7 Å². The van der Waals surface area contributed by atoms with Gasteiger partial charge in [-0.05, 0) is 36.1 Å². The van der Waals surface area contributed by atoms with Crippen LogP contribution in [0, 0.1) is 6.92 Å². The molecule has 1 aromatic carbocycles. The highest BCUT2D eigenvalue weighted by Gasteiger charge is 2.06. The molecule has 1 aromatic rings. The molecule has 94 valence electrons. The van der Waals surface area contributed by atoms with Gasteiger partial charge in [0.25, 0.3) is 5.91 Å². The van der Waals surface area contributed by atoms with E-state index in [1.165, 1.54) is 18.2 Å². The Balaban J connectivity index is 2.62. The lowest BCUT2D eigenvalue weighted by Gasteiger charge is -2.12. The Hall–Kier alpha value is -1.55. The second-order valence-corrected chi connectivity index (χ2v) is 4.19. The minimum absolute atomic E-state index is 0.0473. The molecule has 0 unspecified atom stereocenters. The summed E-state index contributed by atoms with van der Waals surface area (Å²) in [5.41, 5.74) is 4.66. The van der Waals surface area contributed by atoms with Gasteiger partial charge in [0, 0.05) is 0 Å². The van der Waals surface area contributed by atoms with E-state index in [0.29, 0.717) is 11.7 Å². The van der Waals surface area contributed by atoms with Crippen molar-refractivity contribution in [1.29, 1.82) is 0 Å². The minimum Gasteiger partial charge on any atom is -0.484 e. The second-order valence-electron chi connectivity index (χ2n) is 4.19. The van der Waals surface area contributed by atoms with Crippen molar-refractivity contribution in [3.63, 3.8) is 0 Å². The normalized spacial score (nSPS) is 10.4. The molecule has 1 N–H and O–H groups in total. The summed E-state index contributed by atoms with van der Waals surface area (Å²) in [5, 5.41) is 0. The standard InChI is InChI=1S/C13H19NO3/c1-9(2)12-6-5-11(7-10(12)3)17-8-13(15)14-16-4/h5-7,9H,8H2,1-4H3,(H,14,15). The van der Waals surface area contributed by atoms with Crippen LogP contribution < -0.4 is 10.2 Å². The summed E-state index contributed by atoms with van der Waals surface area (Å²) < 4.78 is 5.34. The number of carbonyl (C=O) groups is 1. The van der Waals surface area contributed by atoms with Crippen LogP contribution in [0.3, 0.4) is 0 Å².